The normalized spacial score (nSPS) is 12.5. The maximum absolute atomic E-state index is 8.47. The van der Waals surface area contributed by atoms with Gasteiger partial charge in [0.25, 0.3) is 6.30 Å². The molecule has 0 amide bonds. The number of hydrogen-bond acceptors (Lipinski definition) is 1. The van der Waals surface area contributed by atoms with Gasteiger partial charge in [0.05, 0.1) is 12.4 Å². The van der Waals surface area contributed by atoms with Crippen LogP contribution in [0, 0.1) is 6.92 Å². The van der Waals surface area contributed by atoms with Crippen LogP contribution < -0.4 is 4.57 Å². The van der Waals surface area contributed by atoms with Crippen LogP contribution in [0.5, 0.6) is 0 Å². The molecule has 0 bridgehead atoms. The molecule has 0 saturated carbocycles. The molecule has 0 spiro atoms. The summed E-state index contributed by atoms with van der Waals surface area (Å²) in [7, 11) is 1.96. The van der Waals surface area contributed by atoms with Gasteiger partial charge in [0.15, 0.2) is 6.89 Å². The van der Waals surface area contributed by atoms with Crippen molar-refractivity contribution in [2.75, 3.05) is 0 Å². The molecule has 0 atom stereocenters. The zero-order chi connectivity index (χ0) is 20.7. The number of rotatable bonds is 4. The smallest absolute Gasteiger partial charge is 0.232 e. The fraction of sp³-hybridized carbons (Fsp3) is 0.440. The number of benzene rings is 2. The molecule has 1 aromatic heterocycles. The van der Waals surface area contributed by atoms with E-state index in [9.17, 15) is 0 Å². The summed E-state index contributed by atoms with van der Waals surface area (Å²) < 4.78 is 10.4. The van der Waals surface area contributed by atoms with E-state index in [4.69, 9.17) is 1.37 Å². The number of fused-ring (bicyclic) bond motifs is 1. The highest BCUT2D eigenvalue weighted by molar-refractivity contribution is 5.92. The van der Waals surface area contributed by atoms with Crippen LogP contribution in [0.4, 0.5) is 0 Å². The van der Waals surface area contributed by atoms with Gasteiger partial charge in [-0.1, -0.05) is 53.7 Å². The minimum absolute atomic E-state index is 0.295. The van der Waals surface area contributed by atoms with E-state index in [0.717, 1.165) is 16.6 Å². The zero-order valence-electron chi connectivity index (χ0n) is 19.0. The fourth-order valence-electron chi connectivity index (χ4n) is 3.82. The Kier molecular flexibility index (Phi) is 4.99. The molecule has 1 heterocycles. The van der Waals surface area contributed by atoms with E-state index in [1.165, 1.54) is 27.8 Å². The first-order valence-electron chi connectivity index (χ1n) is 10.6. The third-order valence-electron chi connectivity index (χ3n) is 5.61. The van der Waals surface area contributed by atoms with E-state index in [1.54, 1.807) is 0 Å². The van der Waals surface area contributed by atoms with Crippen LogP contribution >= 0.6 is 0 Å². The highest BCUT2D eigenvalue weighted by Crippen LogP contribution is 2.35. The number of aromatic nitrogens is 2. The van der Waals surface area contributed by atoms with Crippen molar-refractivity contribution >= 4 is 10.9 Å². The molecule has 0 aliphatic carbocycles. The lowest BCUT2D eigenvalue weighted by molar-refractivity contribution is -0.662. The summed E-state index contributed by atoms with van der Waals surface area (Å²) in [5, 5.41) is 1.11. The molecule has 2 heteroatoms. The van der Waals surface area contributed by atoms with Gasteiger partial charge in [0, 0.05) is 5.56 Å². The van der Waals surface area contributed by atoms with Crippen molar-refractivity contribution in [3.8, 4) is 11.3 Å². The first kappa shape index (κ1) is 18.2. The van der Waals surface area contributed by atoms with Gasteiger partial charge in [0.1, 0.15) is 5.69 Å². The molecule has 0 radical (unpaired) electrons. The first-order valence-corrected chi connectivity index (χ1v) is 10.1. The lowest BCUT2D eigenvalue weighted by atomic mass is 9.86. The second kappa shape index (κ2) is 7.42. The summed E-state index contributed by atoms with van der Waals surface area (Å²) in [6.45, 7) is 15.6. The zero-order valence-corrected chi connectivity index (χ0v) is 18.0. The molecule has 0 unspecified atom stereocenters. The van der Waals surface area contributed by atoms with Crippen molar-refractivity contribution < 1.29 is 5.94 Å². The third-order valence-corrected chi connectivity index (χ3v) is 5.61. The first-order chi connectivity index (χ1) is 13.1. The van der Waals surface area contributed by atoms with Gasteiger partial charge in [-0.15, -0.1) is 0 Å². The molecule has 142 valence electrons. The lowest BCUT2D eigenvalue weighted by Crippen LogP contribution is -2.32. The van der Waals surface area contributed by atoms with Gasteiger partial charge in [-0.3, -0.25) is 0 Å². The molecule has 0 N–H and O–H groups in total. The Labute approximate surface area is 165 Å². The monoisotopic (exact) mass is 362 g/mol. The van der Waals surface area contributed by atoms with Gasteiger partial charge in [0.2, 0.25) is 0 Å². The lowest BCUT2D eigenvalue weighted by Gasteiger charge is -2.19. The van der Waals surface area contributed by atoms with Crippen molar-refractivity contribution in [3.05, 3.63) is 58.9 Å². The van der Waals surface area contributed by atoms with Crippen molar-refractivity contribution in [3.63, 3.8) is 0 Å². The van der Waals surface area contributed by atoms with Crippen LogP contribution in [0.3, 0.4) is 0 Å². The van der Waals surface area contributed by atoms with E-state index in [0.29, 0.717) is 24.1 Å². The Morgan fingerprint density at radius 1 is 0.889 bits per heavy atom. The van der Waals surface area contributed by atoms with Crippen molar-refractivity contribution in [1.29, 1.82) is 0 Å². The van der Waals surface area contributed by atoms with Crippen LogP contribution in [0.25, 0.3) is 22.2 Å². The van der Waals surface area contributed by atoms with E-state index in [-0.39, 0.29) is 0 Å². The molecule has 3 aromatic rings. The molecule has 27 heavy (non-hydrogen) atoms. The van der Waals surface area contributed by atoms with E-state index >= 15 is 0 Å². The predicted octanol–water partition coefficient (Wildman–Crippen LogP) is 6.40. The largest absolute Gasteiger partial charge is 0.287 e. The molecular weight excluding hydrogens is 328 g/mol. The summed E-state index contributed by atoms with van der Waals surface area (Å²) in [5.41, 5.74) is 8.51. The molecule has 2 aromatic carbocycles. The van der Waals surface area contributed by atoms with Crippen LogP contribution in [-0.4, -0.2) is 4.98 Å². The molecule has 0 saturated heterocycles. The molecule has 0 aliphatic heterocycles. The van der Waals surface area contributed by atoms with E-state index < -0.39 is 0 Å². The maximum atomic E-state index is 8.47. The Bertz CT molecular complexity index is 1030. The van der Waals surface area contributed by atoms with Crippen molar-refractivity contribution in [1.82, 2.24) is 4.98 Å². The van der Waals surface area contributed by atoms with Gasteiger partial charge >= 0.3 is 0 Å². The van der Waals surface area contributed by atoms with Gasteiger partial charge in [-0.05, 0) is 70.1 Å². The third kappa shape index (κ3) is 3.63. The average Bonchev–Trinajstić information content (AvgIpc) is 2.62. The summed E-state index contributed by atoms with van der Waals surface area (Å²) in [6.07, 6.45) is 0.295. The Morgan fingerprint density at radius 3 is 2.15 bits per heavy atom. The number of nitrogens with zero attached hydrogens (tertiary/aromatic N) is 2. The average molecular weight is 363 g/mol. The highest BCUT2D eigenvalue weighted by atomic mass is 15.0. The summed E-state index contributed by atoms with van der Waals surface area (Å²) in [5.74, 6) is 1.36. The quantitative estimate of drug-likeness (QED) is 0.490. The standard InChI is InChI=1S/C25H33N2/c1-15(2)19-9-10-21-24(13-19)26-14-27(8)25(21)23-12-20(16(3)4)11-22(17(5)6)18(23)7/h9-17H,1-8H3/q+1/i14D. The molecule has 0 aliphatic rings. The Morgan fingerprint density at radius 2 is 1.56 bits per heavy atom. The summed E-state index contributed by atoms with van der Waals surface area (Å²) >= 11 is 0. The van der Waals surface area contributed by atoms with E-state index in [2.05, 4.69) is 83.8 Å². The second-order valence-electron chi connectivity index (χ2n) is 8.64. The van der Waals surface area contributed by atoms with Gasteiger partial charge in [-0.25, -0.2) is 4.57 Å². The molecule has 0 fully saturated rings. The topological polar surface area (TPSA) is 16.8 Å². The summed E-state index contributed by atoms with van der Waals surface area (Å²) in [6, 6.07) is 11.2. The minimum atomic E-state index is 0.295. The maximum Gasteiger partial charge on any atom is 0.287 e. The molecule has 2 nitrogen and oxygen atoms in total. The van der Waals surface area contributed by atoms with Crippen molar-refractivity contribution in [2.45, 2.75) is 66.2 Å². The molecule has 3 rings (SSSR count). The highest BCUT2D eigenvalue weighted by Gasteiger charge is 2.21. The Hall–Kier alpha value is -2.22. The van der Waals surface area contributed by atoms with Gasteiger partial charge < -0.3 is 0 Å². The second-order valence-corrected chi connectivity index (χ2v) is 8.64. The van der Waals surface area contributed by atoms with Crippen LogP contribution in [0.15, 0.2) is 36.6 Å². The van der Waals surface area contributed by atoms with Crippen LogP contribution in [0.2, 0.25) is 0 Å². The van der Waals surface area contributed by atoms with E-state index in [1.807, 2.05) is 11.6 Å². The predicted molar refractivity (Wildman–Crippen MR) is 115 cm³/mol. The minimum Gasteiger partial charge on any atom is -0.232 e. The summed E-state index contributed by atoms with van der Waals surface area (Å²) in [4.78, 5) is 4.58. The SMILES string of the molecule is [2H]c1nc2cc(C(C)C)ccc2c(-c2cc(C(C)C)cc(C(C)C)c2C)[n+]1C. The van der Waals surface area contributed by atoms with Crippen LogP contribution in [0.1, 0.15) is 82.9 Å². The van der Waals surface area contributed by atoms with Crippen LogP contribution in [-0.2, 0) is 7.05 Å². The van der Waals surface area contributed by atoms with Crippen molar-refractivity contribution in [2.24, 2.45) is 7.05 Å². The van der Waals surface area contributed by atoms with Gasteiger partial charge in [-0.2, -0.15) is 0 Å². The molecular formula is C25H33N2+. The fourth-order valence-corrected chi connectivity index (χ4v) is 3.82. The number of hydrogen-bond donors (Lipinski definition) is 0. The Balaban J connectivity index is 2.42.